The Morgan fingerprint density at radius 2 is 1.78 bits per heavy atom. The lowest BCUT2D eigenvalue weighted by Gasteiger charge is -2.13. The fourth-order valence-electron chi connectivity index (χ4n) is 2.94. The van der Waals surface area contributed by atoms with Crippen LogP contribution in [0.15, 0.2) is 64.6 Å². The topological polar surface area (TPSA) is 178 Å². The van der Waals surface area contributed by atoms with Gasteiger partial charge in [-0.15, -0.1) is 0 Å². The first kappa shape index (κ1) is 25.7. The minimum absolute atomic E-state index is 0.0161. The summed E-state index contributed by atoms with van der Waals surface area (Å²) >= 11 is 3.29. The minimum atomic E-state index is -0.814. The summed E-state index contributed by atoms with van der Waals surface area (Å²) in [7, 11) is 1.31. The summed E-state index contributed by atoms with van der Waals surface area (Å²) in [4.78, 5) is 33.3. The Bertz CT molecular complexity index is 1430. The van der Waals surface area contributed by atoms with Crippen molar-refractivity contribution >= 4 is 45.0 Å². The third kappa shape index (κ3) is 5.93. The molecule has 12 nitrogen and oxygen atoms in total. The number of nitrogens with one attached hydrogen (secondary N) is 1. The molecule has 13 heteroatoms. The van der Waals surface area contributed by atoms with E-state index in [1.54, 1.807) is 0 Å². The number of carbonyl (C=O) groups excluding carboxylic acids is 1. The Morgan fingerprint density at radius 1 is 1.08 bits per heavy atom. The summed E-state index contributed by atoms with van der Waals surface area (Å²) in [6.45, 7) is 0. The Morgan fingerprint density at radius 3 is 2.36 bits per heavy atom. The van der Waals surface area contributed by atoms with E-state index < -0.39 is 27.1 Å². The molecule has 0 aliphatic carbocycles. The Kier molecular flexibility index (Phi) is 7.82. The molecule has 0 unspecified atom stereocenters. The lowest BCUT2D eigenvalue weighted by Crippen LogP contribution is -2.13. The molecule has 0 saturated heterocycles. The predicted molar refractivity (Wildman–Crippen MR) is 131 cm³/mol. The van der Waals surface area contributed by atoms with E-state index in [2.05, 4.69) is 21.2 Å². The molecule has 0 aromatic heterocycles. The van der Waals surface area contributed by atoms with Gasteiger partial charge in [0.2, 0.25) is 5.75 Å². The summed E-state index contributed by atoms with van der Waals surface area (Å²) in [6.07, 6.45) is 1.29. The van der Waals surface area contributed by atoms with Gasteiger partial charge in [0.1, 0.15) is 17.4 Å². The van der Waals surface area contributed by atoms with Gasteiger partial charge in [0.25, 0.3) is 11.6 Å². The number of ether oxygens (including phenoxy) is 2. The highest BCUT2D eigenvalue weighted by Crippen LogP contribution is 2.43. The smallest absolute Gasteiger partial charge is 0.318 e. The van der Waals surface area contributed by atoms with E-state index in [0.717, 1.165) is 18.2 Å². The molecule has 0 atom stereocenters. The monoisotopic (exact) mass is 554 g/mol. The number of methoxy groups -OCH3 is 1. The number of halogens is 1. The molecule has 0 saturated carbocycles. The lowest BCUT2D eigenvalue weighted by atomic mass is 10.1. The molecular weight excluding hydrogens is 540 g/mol. The van der Waals surface area contributed by atoms with Crippen molar-refractivity contribution in [3.8, 4) is 29.1 Å². The van der Waals surface area contributed by atoms with Crippen molar-refractivity contribution in [3.63, 3.8) is 0 Å². The molecule has 3 aromatic rings. The van der Waals surface area contributed by atoms with E-state index in [1.807, 2.05) is 6.07 Å². The Labute approximate surface area is 211 Å². The van der Waals surface area contributed by atoms with Gasteiger partial charge in [0.15, 0.2) is 11.5 Å². The number of amides is 1. The number of hydrogen-bond donors (Lipinski definition) is 2. The first-order valence-corrected chi connectivity index (χ1v) is 10.6. The maximum Gasteiger partial charge on any atom is 0.318 e. The minimum Gasteiger partial charge on any atom is -0.508 e. The number of hydrogen-bond acceptors (Lipinski definition) is 9. The van der Waals surface area contributed by atoms with Crippen LogP contribution in [-0.2, 0) is 4.79 Å². The molecule has 0 aliphatic rings. The quantitative estimate of drug-likeness (QED) is 0.122. The van der Waals surface area contributed by atoms with Gasteiger partial charge in [-0.2, -0.15) is 5.26 Å². The van der Waals surface area contributed by atoms with Crippen LogP contribution in [0.1, 0.15) is 5.56 Å². The number of nitro benzene ring substituents is 2. The molecule has 1 amide bonds. The largest absolute Gasteiger partial charge is 0.508 e. The number of nitro groups is 2. The first-order chi connectivity index (χ1) is 17.1. The molecule has 0 fully saturated rings. The summed E-state index contributed by atoms with van der Waals surface area (Å²) in [6, 6.07) is 13.3. The third-order valence-corrected chi connectivity index (χ3v) is 5.20. The maximum atomic E-state index is 12.5. The first-order valence-electron chi connectivity index (χ1n) is 9.83. The predicted octanol–water partition coefficient (Wildman–Crippen LogP) is 5.32. The molecule has 0 bridgehead atoms. The van der Waals surface area contributed by atoms with Crippen LogP contribution in [0.4, 0.5) is 17.1 Å². The number of benzene rings is 3. The molecule has 3 rings (SSSR count). The Hall–Kier alpha value is -4.96. The van der Waals surface area contributed by atoms with Crippen LogP contribution < -0.4 is 14.8 Å². The molecule has 0 aliphatic heterocycles. The number of nitriles is 1. The maximum absolute atomic E-state index is 12.5. The molecule has 182 valence electrons. The van der Waals surface area contributed by atoms with Gasteiger partial charge in [-0.3, -0.25) is 25.0 Å². The number of non-ortho nitro benzene ring substituents is 1. The standard InChI is InChI=1S/C23H15BrN4O8/c1-35-21-10-13(8-14(12-25)23(30)26-15-2-5-17(29)6-3-15)9-18(24)22(21)36-20-7-4-16(27(31)32)11-19(20)28(33)34/h2-11,29H,1H3,(H,26,30)/b14-8+. The molecule has 3 aromatic carbocycles. The van der Waals surface area contributed by atoms with Crippen LogP contribution in [0.25, 0.3) is 6.08 Å². The van der Waals surface area contributed by atoms with Gasteiger partial charge >= 0.3 is 5.69 Å². The second-order valence-electron chi connectivity index (χ2n) is 6.97. The fourth-order valence-corrected chi connectivity index (χ4v) is 3.48. The highest BCUT2D eigenvalue weighted by atomic mass is 79.9. The molecule has 0 spiro atoms. The van der Waals surface area contributed by atoms with Crippen molar-refractivity contribution in [1.29, 1.82) is 5.26 Å². The van der Waals surface area contributed by atoms with Crippen LogP contribution in [-0.4, -0.2) is 28.0 Å². The van der Waals surface area contributed by atoms with Crippen LogP contribution >= 0.6 is 15.9 Å². The van der Waals surface area contributed by atoms with Gasteiger partial charge in [-0.25, -0.2) is 0 Å². The van der Waals surface area contributed by atoms with Gasteiger partial charge in [0.05, 0.1) is 27.5 Å². The van der Waals surface area contributed by atoms with Crippen LogP contribution in [0, 0.1) is 31.6 Å². The number of rotatable bonds is 8. The van der Waals surface area contributed by atoms with Crippen molar-refractivity contribution < 1.29 is 29.2 Å². The van der Waals surface area contributed by atoms with Crippen molar-refractivity contribution in [2.24, 2.45) is 0 Å². The van der Waals surface area contributed by atoms with Gasteiger partial charge in [-0.05, 0) is 70.0 Å². The molecule has 0 heterocycles. The van der Waals surface area contributed by atoms with Crippen LogP contribution in [0.3, 0.4) is 0 Å². The van der Waals surface area contributed by atoms with Crippen LogP contribution in [0.5, 0.6) is 23.0 Å². The van der Waals surface area contributed by atoms with Gasteiger partial charge in [-0.1, -0.05) is 0 Å². The zero-order chi connectivity index (χ0) is 26.4. The summed E-state index contributed by atoms with van der Waals surface area (Å²) < 4.78 is 11.2. The SMILES string of the molecule is COc1cc(/C=C(\C#N)C(=O)Nc2ccc(O)cc2)cc(Br)c1Oc1ccc([N+](=O)[O-])cc1[N+](=O)[O-]. The lowest BCUT2D eigenvalue weighted by molar-refractivity contribution is -0.394. The van der Waals surface area contributed by atoms with E-state index in [9.17, 15) is 35.4 Å². The number of nitrogens with zero attached hydrogens (tertiary/aromatic N) is 3. The van der Waals surface area contributed by atoms with Gasteiger partial charge < -0.3 is 19.9 Å². The zero-order valence-corrected chi connectivity index (χ0v) is 19.9. The molecule has 36 heavy (non-hydrogen) atoms. The van der Waals surface area contributed by atoms with Crippen LogP contribution in [0.2, 0.25) is 0 Å². The summed E-state index contributed by atoms with van der Waals surface area (Å²) in [5, 5.41) is 43.7. The number of aromatic hydroxyl groups is 1. The van der Waals surface area contributed by atoms with E-state index in [0.29, 0.717) is 11.3 Å². The molecular formula is C23H15BrN4O8. The van der Waals surface area contributed by atoms with E-state index in [4.69, 9.17) is 9.47 Å². The number of carbonyl (C=O) groups is 1. The normalized spacial score (nSPS) is 10.8. The second-order valence-corrected chi connectivity index (χ2v) is 7.83. The van der Waals surface area contributed by atoms with Gasteiger partial charge in [0, 0.05) is 11.8 Å². The van der Waals surface area contributed by atoms with Crippen molar-refractivity contribution in [3.05, 3.63) is 90.4 Å². The second kappa shape index (κ2) is 11.0. The number of phenols is 1. The fraction of sp³-hybridized carbons (Fsp3) is 0.0435. The number of anilines is 1. The van der Waals surface area contributed by atoms with E-state index >= 15 is 0 Å². The zero-order valence-electron chi connectivity index (χ0n) is 18.3. The summed E-state index contributed by atoms with van der Waals surface area (Å²) in [5.74, 6) is -0.820. The van der Waals surface area contributed by atoms with E-state index in [-0.39, 0.29) is 33.0 Å². The van der Waals surface area contributed by atoms with E-state index in [1.165, 1.54) is 49.6 Å². The van der Waals surface area contributed by atoms with Crippen molar-refractivity contribution in [1.82, 2.24) is 0 Å². The summed E-state index contributed by atoms with van der Waals surface area (Å²) in [5.41, 5.74) is -0.612. The molecule has 0 radical (unpaired) electrons. The Balaban J connectivity index is 1.94. The highest BCUT2D eigenvalue weighted by Gasteiger charge is 2.23. The molecule has 2 N–H and O–H groups in total. The van der Waals surface area contributed by atoms with Crippen molar-refractivity contribution in [2.45, 2.75) is 0 Å². The average Bonchev–Trinajstić information content (AvgIpc) is 2.85. The highest BCUT2D eigenvalue weighted by molar-refractivity contribution is 9.10. The average molecular weight is 555 g/mol. The number of phenolic OH excluding ortho intramolecular Hbond substituents is 1. The van der Waals surface area contributed by atoms with Crippen molar-refractivity contribution in [2.75, 3.05) is 12.4 Å². The third-order valence-electron chi connectivity index (χ3n) is 4.62.